The quantitative estimate of drug-likeness (QED) is 0.640. The van der Waals surface area contributed by atoms with Crippen molar-refractivity contribution in [3.05, 3.63) is 53.6 Å². The van der Waals surface area contributed by atoms with Crippen LogP contribution in [0.25, 0.3) is 11.0 Å². The molecule has 1 aromatic heterocycles. The van der Waals surface area contributed by atoms with Crippen molar-refractivity contribution in [2.45, 2.75) is 36.7 Å². The molecule has 0 N–H and O–H groups in total. The molecule has 9 heteroatoms. The summed E-state index contributed by atoms with van der Waals surface area (Å²) in [6.07, 6.45) is 2.01. The van der Waals surface area contributed by atoms with Crippen LogP contribution in [0.15, 0.2) is 47.4 Å². The maximum atomic E-state index is 13.4. The van der Waals surface area contributed by atoms with Crippen molar-refractivity contribution in [1.29, 1.82) is 0 Å². The molecule has 1 atom stereocenters. The van der Waals surface area contributed by atoms with Gasteiger partial charge in [0.25, 0.3) is 0 Å². The summed E-state index contributed by atoms with van der Waals surface area (Å²) >= 11 is 0.991. The van der Waals surface area contributed by atoms with Crippen LogP contribution in [-0.4, -0.2) is 51.4 Å². The third-order valence-corrected chi connectivity index (χ3v) is 8.25. The Bertz CT molecular complexity index is 1190. The van der Waals surface area contributed by atoms with Crippen LogP contribution in [0.5, 0.6) is 0 Å². The number of hydrogen-bond acceptors (Lipinski definition) is 6. The van der Waals surface area contributed by atoms with Crippen molar-refractivity contribution in [1.82, 2.24) is 18.0 Å². The Labute approximate surface area is 173 Å². The van der Waals surface area contributed by atoms with E-state index < -0.39 is 16.1 Å². The highest BCUT2D eigenvalue weighted by molar-refractivity contribution is 7.89. The van der Waals surface area contributed by atoms with Crippen LogP contribution in [0.3, 0.4) is 0 Å². The summed E-state index contributed by atoms with van der Waals surface area (Å²) in [4.78, 5) is 15.2. The molecule has 3 heterocycles. The highest BCUT2D eigenvalue weighted by Crippen LogP contribution is 2.31. The van der Waals surface area contributed by atoms with E-state index >= 15 is 0 Å². The molecule has 0 radical (unpaired) electrons. The lowest BCUT2D eigenvalue weighted by molar-refractivity contribution is -0.135. The maximum absolute atomic E-state index is 13.4. The van der Waals surface area contributed by atoms with Gasteiger partial charge in [-0.1, -0.05) is 30.3 Å². The summed E-state index contributed by atoms with van der Waals surface area (Å²) in [6, 6.07) is 12.4. The fourth-order valence-corrected chi connectivity index (χ4v) is 6.69. The number of amides is 1. The molecule has 7 nitrogen and oxygen atoms in total. The molecule has 2 aromatic carbocycles. The smallest absolute Gasteiger partial charge is 0.246 e. The number of benzene rings is 2. The molecule has 1 saturated heterocycles. The van der Waals surface area contributed by atoms with Gasteiger partial charge in [-0.05, 0) is 42.5 Å². The van der Waals surface area contributed by atoms with Crippen LogP contribution >= 0.6 is 11.7 Å². The summed E-state index contributed by atoms with van der Waals surface area (Å²) in [6.45, 7) is 1.49. The molecule has 2 aliphatic rings. The van der Waals surface area contributed by atoms with Gasteiger partial charge in [0, 0.05) is 19.6 Å². The number of rotatable bonds is 3. The average Bonchev–Trinajstić information content (AvgIpc) is 3.42. The van der Waals surface area contributed by atoms with Gasteiger partial charge in [0.15, 0.2) is 0 Å². The van der Waals surface area contributed by atoms with Crippen molar-refractivity contribution in [3.63, 3.8) is 0 Å². The number of aromatic nitrogens is 2. The predicted molar refractivity (Wildman–Crippen MR) is 110 cm³/mol. The van der Waals surface area contributed by atoms with E-state index in [1.165, 1.54) is 9.87 Å². The highest BCUT2D eigenvalue weighted by atomic mass is 32.2. The molecule has 0 bridgehead atoms. The molecular weight excluding hydrogens is 408 g/mol. The Balaban J connectivity index is 1.44. The minimum absolute atomic E-state index is 0.107. The summed E-state index contributed by atoms with van der Waals surface area (Å²) in [5.74, 6) is -0.107. The highest BCUT2D eigenvalue weighted by Gasteiger charge is 2.42. The van der Waals surface area contributed by atoms with E-state index in [0.717, 1.165) is 23.7 Å². The molecule has 5 rings (SSSR count). The third-order valence-electron chi connectivity index (χ3n) is 5.77. The SMILES string of the molecule is O=C([C@H]1CCCN1S(=O)(=O)c1cccc2nsnc12)N1CCc2ccccc2C1. The summed E-state index contributed by atoms with van der Waals surface area (Å²) in [5.41, 5.74) is 3.33. The van der Waals surface area contributed by atoms with Gasteiger partial charge in [0.2, 0.25) is 15.9 Å². The van der Waals surface area contributed by atoms with Crippen molar-refractivity contribution in [3.8, 4) is 0 Å². The number of carbonyl (C=O) groups excluding carboxylic acids is 1. The molecule has 1 amide bonds. The molecule has 2 aliphatic heterocycles. The molecular formula is C20H20N4O3S2. The monoisotopic (exact) mass is 428 g/mol. The van der Waals surface area contributed by atoms with E-state index in [0.29, 0.717) is 43.5 Å². The van der Waals surface area contributed by atoms with Crippen molar-refractivity contribution in [2.75, 3.05) is 13.1 Å². The Morgan fingerprint density at radius 1 is 1.03 bits per heavy atom. The first-order chi connectivity index (χ1) is 14.1. The molecule has 0 spiro atoms. The van der Waals surface area contributed by atoms with Crippen LogP contribution < -0.4 is 0 Å². The predicted octanol–water partition coefficient (Wildman–Crippen LogP) is 2.43. The summed E-state index contributed by atoms with van der Waals surface area (Å²) in [7, 11) is -3.84. The van der Waals surface area contributed by atoms with Gasteiger partial charge in [-0.3, -0.25) is 4.79 Å². The van der Waals surface area contributed by atoms with Crippen LogP contribution in [0.4, 0.5) is 0 Å². The first-order valence-corrected chi connectivity index (χ1v) is 11.8. The Morgan fingerprint density at radius 2 is 1.86 bits per heavy atom. The van der Waals surface area contributed by atoms with E-state index in [1.807, 2.05) is 18.2 Å². The zero-order chi connectivity index (χ0) is 20.0. The van der Waals surface area contributed by atoms with Crippen molar-refractivity contribution >= 4 is 38.7 Å². The molecule has 150 valence electrons. The maximum Gasteiger partial charge on any atom is 0.246 e. The number of fused-ring (bicyclic) bond motifs is 2. The van der Waals surface area contributed by atoms with Gasteiger partial charge in [-0.2, -0.15) is 13.1 Å². The van der Waals surface area contributed by atoms with Crippen LogP contribution in [0.2, 0.25) is 0 Å². The number of sulfonamides is 1. The normalized spacial score (nSPS) is 20.1. The van der Waals surface area contributed by atoms with E-state index in [4.69, 9.17) is 0 Å². The van der Waals surface area contributed by atoms with Crippen molar-refractivity contribution < 1.29 is 13.2 Å². The van der Waals surface area contributed by atoms with Crippen LogP contribution in [0, 0.1) is 0 Å². The zero-order valence-electron chi connectivity index (χ0n) is 15.7. The molecule has 29 heavy (non-hydrogen) atoms. The fourth-order valence-electron chi connectivity index (χ4n) is 4.29. The first-order valence-electron chi connectivity index (χ1n) is 9.64. The lowest BCUT2D eigenvalue weighted by Gasteiger charge is -2.33. The topological polar surface area (TPSA) is 83.5 Å². The molecule has 1 fully saturated rings. The van der Waals surface area contributed by atoms with E-state index in [-0.39, 0.29) is 10.8 Å². The van der Waals surface area contributed by atoms with E-state index in [1.54, 1.807) is 23.1 Å². The summed E-state index contributed by atoms with van der Waals surface area (Å²) in [5, 5.41) is 0. The standard InChI is InChI=1S/C20H20N4O3S2/c25-20(23-12-10-14-5-1-2-6-15(14)13-23)17-8-4-11-24(17)29(26,27)18-9-3-7-16-19(18)22-28-21-16/h1-3,5-7,9,17H,4,8,10-13H2/t17-/m1/s1. The van der Waals surface area contributed by atoms with Gasteiger partial charge >= 0.3 is 0 Å². The Hall–Kier alpha value is -2.36. The number of carbonyl (C=O) groups is 1. The van der Waals surface area contributed by atoms with Gasteiger partial charge in [-0.15, -0.1) is 0 Å². The Morgan fingerprint density at radius 3 is 2.72 bits per heavy atom. The molecule has 0 aliphatic carbocycles. The average molecular weight is 429 g/mol. The minimum Gasteiger partial charge on any atom is -0.337 e. The summed E-state index contributed by atoms with van der Waals surface area (Å²) < 4.78 is 36.5. The molecule has 3 aromatic rings. The lowest BCUT2D eigenvalue weighted by atomic mass is 9.99. The van der Waals surface area contributed by atoms with Crippen LogP contribution in [0.1, 0.15) is 24.0 Å². The van der Waals surface area contributed by atoms with Gasteiger partial charge in [-0.25, -0.2) is 8.42 Å². The Kier molecular flexibility index (Phi) is 4.60. The van der Waals surface area contributed by atoms with E-state index in [9.17, 15) is 13.2 Å². The number of hydrogen-bond donors (Lipinski definition) is 0. The van der Waals surface area contributed by atoms with Gasteiger partial charge in [0.1, 0.15) is 22.0 Å². The van der Waals surface area contributed by atoms with E-state index in [2.05, 4.69) is 14.8 Å². The lowest BCUT2D eigenvalue weighted by Crippen LogP contribution is -2.49. The van der Waals surface area contributed by atoms with Crippen molar-refractivity contribution in [2.24, 2.45) is 0 Å². The second-order valence-electron chi connectivity index (χ2n) is 7.44. The minimum atomic E-state index is -3.84. The van der Waals surface area contributed by atoms with Gasteiger partial charge in [0.05, 0.1) is 11.7 Å². The number of nitrogens with zero attached hydrogens (tertiary/aromatic N) is 4. The second kappa shape index (κ2) is 7.16. The second-order valence-corrected chi connectivity index (χ2v) is 9.83. The first kappa shape index (κ1) is 18.7. The van der Waals surface area contributed by atoms with Gasteiger partial charge < -0.3 is 4.90 Å². The molecule has 0 unspecified atom stereocenters. The molecule has 0 saturated carbocycles. The largest absolute Gasteiger partial charge is 0.337 e. The fraction of sp³-hybridized carbons (Fsp3) is 0.350. The third kappa shape index (κ3) is 3.13. The zero-order valence-corrected chi connectivity index (χ0v) is 17.3. The van der Waals surface area contributed by atoms with Crippen LogP contribution in [-0.2, 0) is 27.8 Å².